The summed E-state index contributed by atoms with van der Waals surface area (Å²) in [5, 5.41) is 21.7. The Hall–Kier alpha value is -2.76. The second-order valence-corrected chi connectivity index (χ2v) is 9.37. The van der Waals surface area contributed by atoms with Gasteiger partial charge in [-0.15, -0.1) is 11.3 Å². The number of aryl methyl sites for hydroxylation is 2. The summed E-state index contributed by atoms with van der Waals surface area (Å²) < 4.78 is 77.6. The molecule has 0 aliphatic carbocycles. The number of aliphatic carboxylic acids is 2. The van der Waals surface area contributed by atoms with Crippen LogP contribution in [0.1, 0.15) is 29.1 Å². The number of aromatic nitrogens is 3. The van der Waals surface area contributed by atoms with Crippen LogP contribution in [0, 0.1) is 6.92 Å². The third kappa shape index (κ3) is 9.85. The van der Waals surface area contributed by atoms with Gasteiger partial charge in [0.1, 0.15) is 6.10 Å². The van der Waals surface area contributed by atoms with Gasteiger partial charge in [-0.1, -0.05) is 0 Å². The first-order valence-corrected chi connectivity index (χ1v) is 11.9. The molecule has 0 amide bonds. The maximum Gasteiger partial charge on any atom is 0.490 e. The van der Waals surface area contributed by atoms with Crippen LogP contribution in [0.2, 0.25) is 0 Å². The van der Waals surface area contributed by atoms with Crippen molar-refractivity contribution >= 4 is 23.3 Å². The van der Waals surface area contributed by atoms with E-state index in [1.54, 1.807) is 11.3 Å². The quantitative estimate of drug-likeness (QED) is 0.515. The number of carboxylic acids is 2. The highest BCUT2D eigenvalue weighted by Crippen LogP contribution is 2.32. The summed E-state index contributed by atoms with van der Waals surface area (Å²) in [7, 11) is 1.96. The Bertz CT molecular complexity index is 1040. The molecule has 214 valence electrons. The summed E-state index contributed by atoms with van der Waals surface area (Å²) in [5.41, 5.74) is 2.27. The summed E-state index contributed by atoms with van der Waals surface area (Å²) in [5.74, 6) is -5.51. The number of nitrogens with zero attached hydrogens (tertiary/aromatic N) is 4. The van der Waals surface area contributed by atoms with E-state index in [-0.39, 0.29) is 12.2 Å². The predicted molar refractivity (Wildman–Crippen MR) is 119 cm³/mol. The van der Waals surface area contributed by atoms with E-state index in [0.29, 0.717) is 12.6 Å². The lowest BCUT2D eigenvalue weighted by molar-refractivity contribution is -0.193. The smallest absolute Gasteiger partial charge is 0.475 e. The fraction of sp³-hybridized carbons (Fsp3) is 0.619. The Morgan fingerprint density at radius 3 is 2.26 bits per heavy atom. The molecule has 38 heavy (non-hydrogen) atoms. The molecule has 2 saturated heterocycles. The van der Waals surface area contributed by atoms with Crippen LogP contribution in [0.25, 0.3) is 0 Å². The molecule has 0 spiro atoms. The molecule has 2 aromatic rings. The molecule has 2 N–H and O–H groups in total. The third-order valence-corrected chi connectivity index (χ3v) is 6.15. The maximum atomic E-state index is 10.6. The Balaban J connectivity index is 0.000000301. The molecule has 4 rings (SSSR count). The minimum atomic E-state index is -5.08. The van der Waals surface area contributed by atoms with Gasteiger partial charge in [0.15, 0.2) is 0 Å². The number of ether oxygens (including phenoxy) is 2. The van der Waals surface area contributed by atoms with E-state index in [1.165, 1.54) is 12.0 Å². The molecular formula is C21H26F6N4O6S. The van der Waals surface area contributed by atoms with E-state index < -0.39 is 24.3 Å². The Labute approximate surface area is 216 Å². The molecule has 17 heteroatoms. The number of hydrogen-bond acceptors (Lipinski definition) is 8. The maximum absolute atomic E-state index is 10.6. The number of fused-ring (bicyclic) bond motifs is 1. The highest BCUT2D eigenvalue weighted by molar-refractivity contribution is 7.09. The topological polar surface area (TPSA) is 127 Å². The zero-order valence-corrected chi connectivity index (χ0v) is 21.0. The average molecular weight is 577 g/mol. The third-order valence-electron chi connectivity index (χ3n) is 5.32. The van der Waals surface area contributed by atoms with Crippen LogP contribution in [0.3, 0.4) is 0 Å². The number of likely N-dealkylation sites (tertiary alicyclic amines) is 1. The molecule has 2 aliphatic heterocycles. The first kappa shape index (κ1) is 31.5. The minimum absolute atomic E-state index is 0.119. The summed E-state index contributed by atoms with van der Waals surface area (Å²) in [6.07, 6.45) is -3.52. The van der Waals surface area contributed by atoms with E-state index in [4.69, 9.17) is 29.3 Å². The van der Waals surface area contributed by atoms with Crippen molar-refractivity contribution in [2.24, 2.45) is 7.05 Å². The standard InChI is InChI=1S/C17H24N4O2S.2C2HF3O2/c1-12-19-14(11-24-12)10-23-16-9-21(8-13-6-18-20(2)7-13)15-4-3-5-22-17(15)16;2*3-2(4,5)1(6)7/h6-7,11,15-17H,3-5,8-10H2,1-2H3;2*(H,6,7)/t15-,16-,17+;;/m1../s1. The van der Waals surface area contributed by atoms with Gasteiger partial charge in [-0.05, 0) is 19.8 Å². The molecule has 3 atom stereocenters. The summed E-state index contributed by atoms with van der Waals surface area (Å²) in [6, 6.07) is 0.445. The van der Waals surface area contributed by atoms with Crippen LogP contribution >= 0.6 is 11.3 Å². The molecule has 0 aromatic carbocycles. The minimum Gasteiger partial charge on any atom is -0.475 e. The van der Waals surface area contributed by atoms with Crippen LogP contribution in [-0.4, -0.2) is 85.6 Å². The van der Waals surface area contributed by atoms with Gasteiger partial charge in [-0.3, -0.25) is 9.58 Å². The number of halogens is 6. The molecule has 0 bridgehead atoms. The van der Waals surface area contributed by atoms with Crippen LogP contribution < -0.4 is 0 Å². The van der Waals surface area contributed by atoms with Gasteiger partial charge in [-0.25, -0.2) is 14.6 Å². The molecule has 2 aliphatic rings. The second-order valence-electron chi connectivity index (χ2n) is 8.31. The molecule has 4 heterocycles. The molecular weight excluding hydrogens is 550 g/mol. The lowest BCUT2D eigenvalue weighted by atomic mass is 10.0. The first-order chi connectivity index (χ1) is 17.6. The molecule has 0 unspecified atom stereocenters. The Morgan fingerprint density at radius 1 is 1.18 bits per heavy atom. The van der Waals surface area contributed by atoms with Crippen LogP contribution in [0.4, 0.5) is 26.3 Å². The van der Waals surface area contributed by atoms with Crippen molar-refractivity contribution in [3.05, 3.63) is 34.0 Å². The van der Waals surface area contributed by atoms with E-state index in [9.17, 15) is 26.3 Å². The molecule has 10 nitrogen and oxygen atoms in total. The number of carboxylic acid groups (broad SMARTS) is 2. The van der Waals surface area contributed by atoms with Crippen molar-refractivity contribution in [2.45, 2.75) is 63.5 Å². The first-order valence-electron chi connectivity index (χ1n) is 11.0. The van der Waals surface area contributed by atoms with Gasteiger partial charge >= 0.3 is 24.3 Å². The fourth-order valence-electron chi connectivity index (χ4n) is 3.79. The van der Waals surface area contributed by atoms with Gasteiger partial charge in [0.25, 0.3) is 0 Å². The summed E-state index contributed by atoms with van der Waals surface area (Å²) in [4.78, 5) is 24.8. The van der Waals surface area contributed by atoms with Crippen molar-refractivity contribution in [2.75, 3.05) is 13.2 Å². The van der Waals surface area contributed by atoms with Gasteiger partial charge in [0.2, 0.25) is 0 Å². The molecule has 0 saturated carbocycles. The van der Waals surface area contributed by atoms with E-state index >= 15 is 0 Å². The van der Waals surface area contributed by atoms with Crippen LogP contribution in [0.15, 0.2) is 17.8 Å². The van der Waals surface area contributed by atoms with Gasteiger partial charge in [-0.2, -0.15) is 31.4 Å². The zero-order valence-electron chi connectivity index (χ0n) is 20.2. The van der Waals surface area contributed by atoms with Crippen LogP contribution in [-0.2, 0) is 39.3 Å². The highest BCUT2D eigenvalue weighted by atomic mass is 32.1. The number of hydrogen-bond donors (Lipinski definition) is 2. The van der Waals surface area contributed by atoms with E-state index in [1.807, 2.05) is 24.9 Å². The number of alkyl halides is 6. The van der Waals surface area contributed by atoms with Gasteiger partial charge in [0.05, 0.1) is 29.6 Å². The Morgan fingerprint density at radius 2 is 1.79 bits per heavy atom. The zero-order chi connectivity index (χ0) is 28.7. The van der Waals surface area contributed by atoms with Crippen molar-refractivity contribution < 1.29 is 55.6 Å². The SMILES string of the molecule is Cc1nc(CO[C@@H]2CN(Cc3cnn(C)c3)[C@@H]3CCCO[C@@H]32)cs1.O=C(O)C(F)(F)F.O=C(O)C(F)(F)F. The molecule has 0 radical (unpaired) electrons. The summed E-state index contributed by atoms with van der Waals surface area (Å²) >= 11 is 1.67. The van der Waals surface area contributed by atoms with Gasteiger partial charge < -0.3 is 19.7 Å². The average Bonchev–Trinajstić information content (AvgIpc) is 3.51. The van der Waals surface area contributed by atoms with Crippen molar-refractivity contribution in [3.8, 4) is 0 Å². The lowest BCUT2D eigenvalue weighted by Crippen LogP contribution is -2.41. The second kappa shape index (κ2) is 13.3. The normalized spacial score (nSPS) is 21.5. The molecule has 2 fully saturated rings. The summed E-state index contributed by atoms with van der Waals surface area (Å²) in [6.45, 7) is 5.26. The number of rotatable bonds is 5. The Kier molecular flexibility index (Phi) is 11.0. The van der Waals surface area contributed by atoms with Crippen molar-refractivity contribution in [3.63, 3.8) is 0 Å². The largest absolute Gasteiger partial charge is 0.490 e. The monoisotopic (exact) mass is 576 g/mol. The number of carbonyl (C=O) groups is 2. The van der Waals surface area contributed by atoms with Crippen molar-refractivity contribution in [1.29, 1.82) is 0 Å². The molecule has 2 aromatic heterocycles. The van der Waals surface area contributed by atoms with E-state index in [2.05, 4.69) is 26.6 Å². The fourth-order valence-corrected chi connectivity index (χ4v) is 4.38. The van der Waals surface area contributed by atoms with E-state index in [0.717, 1.165) is 36.8 Å². The van der Waals surface area contributed by atoms with Gasteiger partial charge in [0, 0.05) is 49.9 Å². The lowest BCUT2D eigenvalue weighted by Gasteiger charge is -2.32. The van der Waals surface area contributed by atoms with Crippen LogP contribution in [0.5, 0.6) is 0 Å². The predicted octanol–water partition coefficient (Wildman–Crippen LogP) is 3.40. The highest BCUT2D eigenvalue weighted by Gasteiger charge is 2.44. The number of thiazole rings is 1. The van der Waals surface area contributed by atoms with Crippen molar-refractivity contribution in [1.82, 2.24) is 19.7 Å².